The summed E-state index contributed by atoms with van der Waals surface area (Å²) in [7, 11) is 0. The average Bonchev–Trinajstić information content (AvgIpc) is 3.21. The number of imidazole rings is 1. The summed E-state index contributed by atoms with van der Waals surface area (Å²) in [4.78, 5) is 24.4. The van der Waals surface area contributed by atoms with Crippen molar-refractivity contribution >= 4 is 40.3 Å². The van der Waals surface area contributed by atoms with Crippen LogP contribution in [0.1, 0.15) is 27.2 Å². The molecule has 10 heteroatoms. The lowest BCUT2D eigenvalue weighted by Gasteiger charge is -2.32. The first-order chi connectivity index (χ1) is 12.2. The van der Waals surface area contributed by atoms with Gasteiger partial charge >= 0.3 is 5.97 Å². The van der Waals surface area contributed by atoms with E-state index in [1.165, 1.54) is 6.33 Å². The van der Waals surface area contributed by atoms with Gasteiger partial charge in [0.15, 0.2) is 16.6 Å². The maximum absolute atomic E-state index is 11.8. The van der Waals surface area contributed by atoms with Crippen molar-refractivity contribution in [3.63, 3.8) is 0 Å². The molecular weight excluding hydrogens is 383 g/mol. The number of ether oxygens (including phenoxy) is 3. The average molecular weight is 401 g/mol. The van der Waals surface area contributed by atoms with E-state index < -0.39 is 29.5 Å². The third kappa shape index (κ3) is 2.67. The Morgan fingerprint density at radius 2 is 2.12 bits per heavy atom. The Balaban J connectivity index is 1.78. The highest BCUT2D eigenvalue weighted by atomic mass is 35.5. The van der Waals surface area contributed by atoms with Crippen LogP contribution in [-0.2, 0) is 24.5 Å². The van der Waals surface area contributed by atoms with Gasteiger partial charge in [0.1, 0.15) is 36.0 Å². The van der Waals surface area contributed by atoms with Crippen LogP contribution in [0.4, 0.5) is 0 Å². The zero-order valence-electron chi connectivity index (χ0n) is 14.5. The summed E-state index contributed by atoms with van der Waals surface area (Å²) < 4.78 is 19.6. The summed E-state index contributed by atoms with van der Waals surface area (Å²) in [5.74, 6) is -1.51. The Labute approximate surface area is 159 Å². The number of nitrogens with zero attached hydrogens (tertiary/aromatic N) is 4. The Bertz CT molecular complexity index is 873. The van der Waals surface area contributed by atoms with Crippen LogP contribution in [-0.4, -0.2) is 55.5 Å². The van der Waals surface area contributed by atoms with Crippen LogP contribution >= 0.6 is 23.2 Å². The molecule has 1 aliphatic carbocycles. The minimum Gasteiger partial charge on any atom is -0.459 e. The molecule has 2 fully saturated rings. The molecule has 0 unspecified atom stereocenters. The molecule has 1 saturated heterocycles. The van der Waals surface area contributed by atoms with Gasteiger partial charge in [0.2, 0.25) is 0 Å². The van der Waals surface area contributed by atoms with E-state index in [0.717, 1.165) is 0 Å². The Hall–Kier alpha value is -1.48. The Morgan fingerprint density at radius 3 is 2.85 bits per heavy atom. The molecule has 140 valence electrons. The molecule has 26 heavy (non-hydrogen) atoms. The lowest BCUT2D eigenvalue weighted by molar-refractivity contribution is -0.181. The van der Waals surface area contributed by atoms with Crippen molar-refractivity contribution in [2.45, 2.75) is 56.8 Å². The van der Waals surface area contributed by atoms with Crippen molar-refractivity contribution in [3.8, 4) is 0 Å². The van der Waals surface area contributed by atoms with Gasteiger partial charge in [0.25, 0.3) is 0 Å². The molecule has 1 aliphatic heterocycles. The van der Waals surface area contributed by atoms with Crippen LogP contribution in [0.5, 0.6) is 0 Å². The minimum atomic E-state index is -0.800. The summed E-state index contributed by atoms with van der Waals surface area (Å²) in [5, 5.41) is 0.279. The molecule has 0 radical (unpaired) electrons. The number of hydrogen-bond donors (Lipinski definition) is 0. The fraction of sp³-hybridized carbons (Fsp3) is 0.625. The molecular formula is C16H18Cl2N4O4. The maximum atomic E-state index is 11.8. The number of esters is 1. The molecule has 8 nitrogen and oxygen atoms in total. The van der Waals surface area contributed by atoms with Gasteiger partial charge in [-0.1, -0.05) is 11.6 Å². The molecule has 4 rings (SSSR count). The summed E-state index contributed by atoms with van der Waals surface area (Å²) in [6.07, 6.45) is 2.23. The highest BCUT2D eigenvalue weighted by Crippen LogP contribution is 2.49. The van der Waals surface area contributed by atoms with Crippen molar-refractivity contribution in [3.05, 3.63) is 17.8 Å². The summed E-state index contributed by atoms with van der Waals surface area (Å²) in [6.45, 7) is 5.66. The lowest BCUT2D eigenvalue weighted by Crippen LogP contribution is -2.41. The molecule has 3 heterocycles. The molecule has 0 N–H and O–H groups in total. The summed E-state index contributed by atoms with van der Waals surface area (Å²) >= 11 is 11.7. The van der Waals surface area contributed by atoms with E-state index in [2.05, 4.69) is 15.0 Å². The number of halogens is 2. The molecule has 2 aromatic heterocycles. The molecule has 4 atom stereocenters. The Morgan fingerprint density at radius 1 is 1.35 bits per heavy atom. The van der Waals surface area contributed by atoms with Crippen molar-refractivity contribution in [1.29, 1.82) is 0 Å². The minimum absolute atomic E-state index is 0.217. The number of alkyl halides is 1. The van der Waals surface area contributed by atoms with Crippen molar-refractivity contribution in [2.24, 2.45) is 0 Å². The largest absolute Gasteiger partial charge is 0.459 e. The van der Waals surface area contributed by atoms with Gasteiger partial charge in [-0.15, -0.1) is 11.6 Å². The Kier molecular flexibility index (Phi) is 4.15. The van der Waals surface area contributed by atoms with Crippen LogP contribution in [0.2, 0.25) is 5.15 Å². The SMILES string of the molecule is CC1(C)O[C@H]2[C@@H](O1)[C@](C)(n1cnc3c(Cl)ncnc31)C[C@H]2OC(=O)CCl. The highest BCUT2D eigenvalue weighted by Gasteiger charge is 2.62. The van der Waals surface area contributed by atoms with E-state index in [1.54, 1.807) is 6.33 Å². The maximum Gasteiger partial charge on any atom is 0.321 e. The van der Waals surface area contributed by atoms with Crippen LogP contribution < -0.4 is 0 Å². The first kappa shape index (κ1) is 17.9. The number of rotatable bonds is 3. The van der Waals surface area contributed by atoms with Gasteiger partial charge in [-0.2, -0.15) is 0 Å². The first-order valence-corrected chi connectivity index (χ1v) is 9.11. The second-order valence-electron chi connectivity index (χ2n) is 7.20. The van der Waals surface area contributed by atoms with Crippen molar-refractivity contribution < 1.29 is 19.0 Å². The predicted octanol–water partition coefficient (Wildman–Crippen LogP) is 2.27. The number of aromatic nitrogens is 4. The van der Waals surface area contributed by atoms with E-state index in [9.17, 15) is 4.79 Å². The van der Waals surface area contributed by atoms with Gasteiger partial charge in [-0.25, -0.2) is 15.0 Å². The van der Waals surface area contributed by atoms with Crippen molar-refractivity contribution in [1.82, 2.24) is 19.5 Å². The zero-order chi connectivity index (χ0) is 18.7. The second-order valence-corrected chi connectivity index (χ2v) is 7.82. The van der Waals surface area contributed by atoms with E-state index in [-0.39, 0.29) is 17.1 Å². The zero-order valence-corrected chi connectivity index (χ0v) is 16.0. The predicted molar refractivity (Wildman–Crippen MR) is 93.0 cm³/mol. The molecule has 0 bridgehead atoms. The number of hydrogen-bond acceptors (Lipinski definition) is 7. The van der Waals surface area contributed by atoms with E-state index in [1.807, 2.05) is 25.3 Å². The molecule has 0 aromatic carbocycles. The van der Waals surface area contributed by atoms with Crippen LogP contribution in [0, 0.1) is 0 Å². The van der Waals surface area contributed by atoms with E-state index in [4.69, 9.17) is 37.4 Å². The first-order valence-electron chi connectivity index (χ1n) is 8.20. The summed E-state index contributed by atoms with van der Waals surface area (Å²) in [6, 6.07) is 0. The van der Waals surface area contributed by atoms with Gasteiger partial charge in [-0.3, -0.25) is 4.79 Å². The lowest BCUT2D eigenvalue weighted by atomic mass is 9.97. The standard InChI is InChI=1S/C16H18Cl2N4O4/c1-15(2)25-11-8(24-9(23)5-17)4-16(3,12(11)26-15)22-7-21-10-13(18)19-6-20-14(10)22/h6-8,11-12H,4-5H2,1-3H3/t8-,11-,12-,16-/m1/s1. The highest BCUT2D eigenvalue weighted by molar-refractivity contribution is 6.33. The number of carbonyl (C=O) groups is 1. The van der Waals surface area contributed by atoms with Crippen molar-refractivity contribution in [2.75, 3.05) is 5.88 Å². The number of fused-ring (bicyclic) bond motifs is 2. The van der Waals surface area contributed by atoms with Gasteiger partial charge in [-0.05, 0) is 20.8 Å². The fourth-order valence-corrected chi connectivity index (χ4v) is 4.15. The topological polar surface area (TPSA) is 88.4 Å². The fourth-order valence-electron chi connectivity index (χ4n) is 3.91. The number of carbonyl (C=O) groups excluding carboxylic acids is 1. The smallest absolute Gasteiger partial charge is 0.321 e. The van der Waals surface area contributed by atoms with Gasteiger partial charge in [0, 0.05) is 6.42 Å². The van der Waals surface area contributed by atoms with Crippen LogP contribution in [0.3, 0.4) is 0 Å². The van der Waals surface area contributed by atoms with Crippen LogP contribution in [0.25, 0.3) is 11.2 Å². The summed E-state index contributed by atoms with van der Waals surface area (Å²) in [5.41, 5.74) is 0.484. The second kappa shape index (κ2) is 6.02. The quantitative estimate of drug-likeness (QED) is 0.443. The normalized spacial score (nSPS) is 32.7. The molecule has 0 amide bonds. The molecule has 2 aliphatic rings. The van der Waals surface area contributed by atoms with Crippen LogP contribution in [0.15, 0.2) is 12.7 Å². The van der Waals surface area contributed by atoms with Gasteiger partial charge in [0.05, 0.1) is 11.9 Å². The third-order valence-electron chi connectivity index (χ3n) is 4.95. The van der Waals surface area contributed by atoms with E-state index >= 15 is 0 Å². The van der Waals surface area contributed by atoms with Gasteiger partial charge < -0.3 is 18.8 Å². The molecule has 2 aromatic rings. The third-order valence-corrected chi connectivity index (χ3v) is 5.45. The molecule has 0 spiro atoms. The molecule has 1 saturated carbocycles. The monoisotopic (exact) mass is 400 g/mol. The van der Waals surface area contributed by atoms with E-state index in [0.29, 0.717) is 17.6 Å².